The van der Waals surface area contributed by atoms with Gasteiger partial charge in [-0.3, -0.25) is 38.4 Å². The first-order chi connectivity index (χ1) is 28.6. The van der Waals surface area contributed by atoms with Crippen LogP contribution in [-0.2, 0) is 64.2 Å². The monoisotopic (exact) mass is 840 g/mol. The first-order valence-corrected chi connectivity index (χ1v) is 20.7. The zero-order chi connectivity index (χ0) is 44.6. The first kappa shape index (κ1) is 44.5. The molecule has 6 rings (SSSR count). The lowest BCUT2D eigenvalue weighted by Gasteiger charge is -2.35. The van der Waals surface area contributed by atoms with Gasteiger partial charge in [-0.25, -0.2) is 9.59 Å². The maximum Gasteiger partial charge on any atom is 0.424 e. The molecule has 61 heavy (non-hydrogen) atoms. The van der Waals surface area contributed by atoms with Gasteiger partial charge in [-0.15, -0.1) is 0 Å². The molecule has 0 radical (unpaired) electrons. The van der Waals surface area contributed by atoms with E-state index in [0.717, 1.165) is 0 Å². The van der Waals surface area contributed by atoms with Crippen LogP contribution in [0.2, 0.25) is 0 Å². The van der Waals surface area contributed by atoms with E-state index >= 15 is 0 Å². The summed E-state index contributed by atoms with van der Waals surface area (Å²) in [6.07, 6.45) is 0.0698. The fraction of sp³-hybridized carbons (Fsp3) is 0.511. The molecule has 0 saturated carbocycles. The number of piperidine rings is 2. The van der Waals surface area contributed by atoms with E-state index in [1.807, 2.05) is 0 Å². The molecular weight excluding hydrogens is 789 g/mol. The summed E-state index contributed by atoms with van der Waals surface area (Å²) in [6.45, 7) is 9.80. The van der Waals surface area contributed by atoms with Gasteiger partial charge in [-0.1, -0.05) is 30.7 Å². The van der Waals surface area contributed by atoms with Crippen molar-refractivity contribution >= 4 is 59.2 Å². The molecule has 2 atom stereocenters. The van der Waals surface area contributed by atoms with Gasteiger partial charge in [0.05, 0.1) is 0 Å². The number of Topliss-reactive ketones (excluding diaryl/α,β-unsaturated/α-hetero) is 2. The Morgan fingerprint density at radius 3 is 1.31 bits per heavy atom. The Balaban J connectivity index is 0.977. The van der Waals surface area contributed by atoms with Crippen LogP contribution in [0.3, 0.4) is 0 Å². The average Bonchev–Trinajstić information content (AvgIpc) is 3.67. The minimum absolute atomic E-state index is 0.0508. The number of hydrogen-bond donors (Lipinski definition) is 0. The van der Waals surface area contributed by atoms with Gasteiger partial charge in [-0.2, -0.15) is 9.80 Å². The average molecular weight is 841 g/mol. The molecule has 0 N–H and O–H groups in total. The van der Waals surface area contributed by atoms with Crippen molar-refractivity contribution in [1.82, 2.24) is 19.6 Å². The summed E-state index contributed by atoms with van der Waals surface area (Å²) in [5.74, 6) is -3.96. The number of carbonyl (C=O) groups is 10. The number of hydrogen-bond acceptors (Lipinski definition) is 12. The lowest BCUT2D eigenvalue weighted by atomic mass is 9.96. The minimum atomic E-state index is -1.08. The van der Waals surface area contributed by atoms with Crippen LogP contribution in [0.15, 0.2) is 36.4 Å². The van der Waals surface area contributed by atoms with E-state index in [-0.39, 0.29) is 76.0 Å². The molecule has 2 saturated heterocycles. The van der Waals surface area contributed by atoms with Crippen molar-refractivity contribution in [2.75, 3.05) is 0 Å². The largest absolute Gasteiger partial charge is 0.443 e. The Labute approximate surface area is 353 Å². The highest BCUT2D eigenvalue weighted by Crippen LogP contribution is 2.34. The zero-order valence-corrected chi connectivity index (χ0v) is 35.5. The molecule has 324 valence electrons. The number of likely N-dealkylation sites (tertiary alicyclic amines) is 2. The fourth-order valence-corrected chi connectivity index (χ4v) is 8.21. The van der Waals surface area contributed by atoms with Crippen molar-refractivity contribution in [3.05, 3.63) is 69.8 Å². The summed E-state index contributed by atoms with van der Waals surface area (Å²) in [5.41, 5.74) is 1.41. The normalized spacial score (nSPS) is 19.4. The number of amides is 8. The van der Waals surface area contributed by atoms with Crippen molar-refractivity contribution in [3.8, 4) is 0 Å². The molecule has 0 spiro atoms. The highest BCUT2D eigenvalue weighted by atomic mass is 16.6. The van der Waals surface area contributed by atoms with Crippen LogP contribution in [0.25, 0.3) is 0 Å². The van der Waals surface area contributed by atoms with E-state index in [0.29, 0.717) is 62.4 Å². The van der Waals surface area contributed by atoms with E-state index in [2.05, 4.69) is 0 Å². The smallest absolute Gasteiger partial charge is 0.424 e. The number of fused-ring (bicyclic) bond motifs is 2. The van der Waals surface area contributed by atoms with Crippen molar-refractivity contribution < 1.29 is 57.4 Å². The van der Waals surface area contributed by atoms with E-state index < -0.39 is 70.9 Å². The van der Waals surface area contributed by atoms with Gasteiger partial charge in [0, 0.05) is 62.7 Å². The Bertz CT molecular complexity index is 2060. The number of ether oxygens (including phenoxy) is 2. The topological polar surface area (TPSA) is 202 Å². The van der Waals surface area contributed by atoms with Crippen molar-refractivity contribution in [3.63, 3.8) is 0 Å². The molecule has 4 aliphatic rings. The highest BCUT2D eigenvalue weighted by Gasteiger charge is 2.48. The number of benzene rings is 2. The summed E-state index contributed by atoms with van der Waals surface area (Å²) >= 11 is 0. The summed E-state index contributed by atoms with van der Waals surface area (Å²) in [4.78, 5) is 134. The number of unbranched alkanes of at least 4 members (excludes halogenated alkanes) is 2. The SMILES string of the molecule is CC(C)(C)OC(=O)N1C(=O)CCC(N2Cc3c(CC(=O)CCCCCC(=O)Cc4cccc5c4CN(C4CCC(=O)N(C(=O)OC(C)(C)C)C4=O)C5=O)cccc3C2=O)C1=O. The predicted octanol–water partition coefficient (Wildman–Crippen LogP) is 5.38. The Morgan fingerprint density at radius 2 is 0.951 bits per heavy atom. The van der Waals surface area contributed by atoms with E-state index in [1.165, 1.54) is 9.80 Å². The zero-order valence-electron chi connectivity index (χ0n) is 35.5. The Kier molecular flexibility index (Phi) is 12.8. The molecule has 0 aliphatic carbocycles. The molecule has 2 fully saturated rings. The molecule has 2 unspecified atom stereocenters. The molecule has 4 heterocycles. The number of nitrogens with zero attached hydrogens (tertiary/aromatic N) is 4. The van der Waals surface area contributed by atoms with E-state index in [1.54, 1.807) is 77.9 Å². The summed E-state index contributed by atoms with van der Waals surface area (Å²) in [5, 5.41) is 0. The van der Waals surface area contributed by atoms with Gasteiger partial charge in [-0.05, 0) is 102 Å². The van der Waals surface area contributed by atoms with Crippen molar-refractivity contribution in [2.24, 2.45) is 0 Å². The van der Waals surface area contributed by atoms with Crippen LogP contribution < -0.4 is 0 Å². The quantitative estimate of drug-likeness (QED) is 0.196. The third-order valence-electron chi connectivity index (χ3n) is 11.0. The van der Waals surface area contributed by atoms with Gasteiger partial charge in [0.1, 0.15) is 34.9 Å². The molecule has 8 amide bonds. The summed E-state index contributed by atoms with van der Waals surface area (Å²) < 4.78 is 10.5. The number of ketones is 2. The number of carbonyl (C=O) groups excluding carboxylic acids is 10. The molecule has 2 aromatic rings. The molecule has 0 aromatic heterocycles. The molecule has 16 nitrogen and oxygen atoms in total. The van der Waals surface area contributed by atoms with Gasteiger partial charge in [0.25, 0.3) is 23.6 Å². The first-order valence-electron chi connectivity index (χ1n) is 20.7. The third kappa shape index (κ3) is 9.79. The Hall–Kier alpha value is -6.06. The molecule has 4 aliphatic heterocycles. The van der Waals surface area contributed by atoms with Crippen LogP contribution in [0.5, 0.6) is 0 Å². The van der Waals surface area contributed by atoms with Gasteiger partial charge < -0.3 is 19.3 Å². The van der Waals surface area contributed by atoms with Crippen LogP contribution >= 0.6 is 0 Å². The maximum atomic E-state index is 13.5. The summed E-state index contributed by atoms with van der Waals surface area (Å²) in [6, 6.07) is 8.07. The minimum Gasteiger partial charge on any atom is -0.443 e. The maximum absolute atomic E-state index is 13.5. The second-order valence-electron chi connectivity index (χ2n) is 17.9. The van der Waals surface area contributed by atoms with E-state index in [9.17, 15) is 47.9 Å². The second kappa shape index (κ2) is 17.5. The molecular formula is C45H52N4O12. The van der Waals surface area contributed by atoms with Gasteiger partial charge >= 0.3 is 12.2 Å². The summed E-state index contributed by atoms with van der Waals surface area (Å²) in [7, 11) is 0. The fourth-order valence-electron chi connectivity index (χ4n) is 8.21. The van der Waals surface area contributed by atoms with Crippen LogP contribution in [0, 0.1) is 0 Å². The second-order valence-corrected chi connectivity index (χ2v) is 17.9. The van der Waals surface area contributed by atoms with Crippen LogP contribution in [-0.4, -0.2) is 102 Å². The molecule has 16 heteroatoms. The van der Waals surface area contributed by atoms with Crippen molar-refractivity contribution in [1.29, 1.82) is 0 Å². The number of imide groups is 6. The lowest BCUT2D eigenvalue weighted by Crippen LogP contribution is -2.57. The molecule has 2 aromatic carbocycles. The van der Waals surface area contributed by atoms with Gasteiger partial charge in [0.15, 0.2) is 0 Å². The number of rotatable bonds is 12. The van der Waals surface area contributed by atoms with E-state index in [4.69, 9.17) is 9.47 Å². The van der Waals surface area contributed by atoms with Gasteiger partial charge in [0.2, 0.25) is 11.8 Å². The lowest BCUT2D eigenvalue weighted by molar-refractivity contribution is -0.152. The molecule has 0 bridgehead atoms. The van der Waals surface area contributed by atoms with Crippen LogP contribution in [0.1, 0.15) is 142 Å². The Morgan fingerprint density at radius 1 is 0.574 bits per heavy atom. The highest BCUT2D eigenvalue weighted by molar-refractivity contribution is 6.14. The standard InChI is InChI=1S/C45H52N4O12/c1-44(2,3)60-42(58)48-36(52)20-18-34(40(48)56)46-24-32-26(12-10-16-30(32)38(46)54)22-28(50)14-8-7-9-15-29(51)23-27-13-11-17-31-33(27)25-47(39(31)55)35-19-21-37(53)49(41(35)57)43(59)61-45(4,5)6/h10-13,16-17,34-35H,7-9,14-15,18-25H2,1-6H3. The van der Waals surface area contributed by atoms with Crippen LogP contribution in [0.4, 0.5) is 9.59 Å². The third-order valence-corrected chi connectivity index (χ3v) is 11.0. The van der Waals surface area contributed by atoms with Crippen molar-refractivity contribution in [2.45, 2.75) is 149 Å². The predicted molar refractivity (Wildman–Crippen MR) is 215 cm³/mol.